The number of likely N-dealkylation sites (tertiary alicyclic amines) is 1. The lowest BCUT2D eigenvalue weighted by Gasteiger charge is -2.30. The number of carbonyl (C=O) groups excluding carboxylic acids is 2. The Morgan fingerprint density at radius 3 is 2.21 bits per heavy atom. The highest BCUT2D eigenvalue weighted by atomic mass is 32.1. The van der Waals surface area contributed by atoms with Gasteiger partial charge >= 0.3 is 0 Å². The van der Waals surface area contributed by atoms with Crippen molar-refractivity contribution in [2.45, 2.75) is 32.9 Å². The lowest BCUT2D eigenvalue weighted by molar-refractivity contribution is -0.133. The summed E-state index contributed by atoms with van der Waals surface area (Å²) in [5.41, 5.74) is 2.23. The summed E-state index contributed by atoms with van der Waals surface area (Å²) < 4.78 is 24.5. The maximum atomic E-state index is 14.0. The van der Waals surface area contributed by atoms with Crippen molar-refractivity contribution in [3.63, 3.8) is 0 Å². The fourth-order valence-electron chi connectivity index (χ4n) is 4.79. The molecule has 1 aromatic heterocycles. The number of hydrogen-bond acceptors (Lipinski definition) is 6. The van der Waals surface area contributed by atoms with Crippen molar-refractivity contribution in [2.75, 3.05) is 46.9 Å². The molecule has 0 aliphatic carbocycles. The normalized spacial score (nSPS) is 13.3. The minimum atomic E-state index is -0.324. The summed E-state index contributed by atoms with van der Waals surface area (Å²) in [4.78, 5) is 34.6. The predicted molar refractivity (Wildman–Crippen MR) is 151 cm³/mol. The second kappa shape index (κ2) is 13.6. The van der Waals surface area contributed by atoms with E-state index < -0.39 is 0 Å². The molecule has 0 unspecified atom stereocenters. The molecule has 1 saturated heterocycles. The van der Waals surface area contributed by atoms with Crippen molar-refractivity contribution in [3.05, 3.63) is 81.3 Å². The van der Waals surface area contributed by atoms with Gasteiger partial charge in [-0.3, -0.25) is 9.59 Å². The largest absolute Gasteiger partial charge is 0.496 e. The summed E-state index contributed by atoms with van der Waals surface area (Å²) in [5.74, 6) is -0.0255. The van der Waals surface area contributed by atoms with Crippen LogP contribution in [0.25, 0.3) is 0 Å². The van der Waals surface area contributed by atoms with Gasteiger partial charge in [0.2, 0.25) is 5.91 Å². The lowest BCUT2D eigenvalue weighted by Crippen LogP contribution is -2.45. The second-order valence-electron chi connectivity index (χ2n) is 9.72. The van der Waals surface area contributed by atoms with E-state index in [-0.39, 0.29) is 24.2 Å². The van der Waals surface area contributed by atoms with Crippen LogP contribution in [-0.4, -0.2) is 73.5 Å². The third-order valence-corrected chi connectivity index (χ3v) is 8.09. The van der Waals surface area contributed by atoms with Crippen LogP contribution in [0.1, 0.15) is 39.2 Å². The number of thiophene rings is 1. The first-order valence-electron chi connectivity index (χ1n) is 13.2. The van der Waals surface area contributed by atoms with Gasteiger partial charge in [-0.05, 0) is 79.7 Å². The van der Waals surface area contributed by atoms with E-state index >= 15 is 0 Å². The van der Waals surface area contributed by atoms with E-state index in [9.17, 15) is 14.0 Å². The highest BCUT2D eigenvalue weighted by Crippen LogP contribution is 2.30. The average Bonchev–Trinajstić information content (AvgIpc) is 3.62. The van der Waals surface area contributed by atoms with E-state index in [0.717, 1.165) is 41.9 Å². The van der Waals surface area contributed by atoms with Gasteiger partial charge in [0.25, 0.3) is 5.91 Å². The molecule has 1 aliphatic rings. The van der Waals surface area contributed by atoms with Crippen LogP contribution in [0.2, 0.25) is 0 Å². The molecule has 1 aliphatic heterocycles. The van der Waals surface area contributed by atoms with Gasteiger partial charge in [0, 0.05) is 24.5 Å². The van der Waals surface area contributed by atoms with Crippen LogP contribution < -0.4 is 9.47 Å². The molecule has 0 spiro atoms. The molecule has 9 heteroatoms. The fourth-order valence-corrected chi connectivity index (χ4v) is 5.71. The van der Waals surface area contributed by atoms with Crippen LogP contribution in [0, 0.1) is 12.7 Å². The molecule has 208 valence electrons. The van der Waals surface area contributed by atoms with Crippen LogP contribution in [0.15, 0.2) is 53.9 Å². The minimum Gasteiger partial charge on any atom is -0.496 e. The number of nitrogens with zero attached hydrogens (tertiary/aromatic N) is 3. The van der Waals surface area contributed by atoms with Crippen LogP contribution in [0.4, 0.5) is 4.39 Å². The topological polar surface area (TPSA) is 62.3 Å². The first-order chi connectivity index (χ1) is 18.9. The van der Waals surface area contributed by atoms with Crippen LogP contribution in [-0.2, 0) is 17.9 Å². The average molecular weight is 554 g/mol. The SMILES string of the molecule is COc1cccc(OC)c1C(=O)N(CCN1CCCC1)CC(=O)N(Cc1ccc(F)cc1)Cc1sccc1C. The number of aryl methyl sites for hydroxylation is 1. The van der Waals surface area contributed by atoms with Crippen molar-refractivity contribution in [1.29, 1.82) is 0 Å². The Morgan fingerprint density at radius 1 is 0.949 bits per heavy atom. The number of rotatable bonds is 12. The maximum absolute atomic E-state index is 14.0. The zero-order valence-corrected chi connectivity index (χ0v) is 23.6. The van der Waals surface area contributed by atoms with Gasteiger partial charge in [-0.25, -0.2) is 4.39 Å². The van der Waals surface area contributed by atoms with Crippen LogP contribution in [0.3, 0.4) is 0 Å². The molecule has 0 N–H and O–H groups in total. The van der Waals surface area contributed by atoms with Gasteiger partial charge in [-0.1, -0.05) is 18.2 Å². The van der Waals surface area contributed by atoms with Gasteiger partial charge in [0.15, 0.2) is 0 Å². The van der Waals surface area contributed by atoms with Crippen molar-refractivity contribution in [1.82, 2.24) is 14.7 Å². The number of benzene rings is 2. The van der Waals surface area contributed by atoms with E-state index in [0.29, 0.717) is 43.2 Å². The van der Waals surface area contributed by atoms with Crippen molar-refractivity contribution in [2.24, 2.45) is 0 Å². The highest BCUT2D eigenvalue weighted by Gasteiger charge is 2.28. The molecule has 2 aromatic carbocycles. The third kappa shape index (κ3) is 7.36. The van der Waals surface area contributed by atoms with E-state index in [1.54, 1.807) is 51.5 Å². The monoisotopic (exact) mass is 553 g/mol. The Kier molecular flexibility index (Phi) is 9.95. The van der Waals surface area contributed by atoms with Gasteiger partial charge in [-0.15, -0.1) is 11.3 Å². The molecule has 0 radical (unpaired) electrons. The summed E-state index contributed by atoms with van der Waals surface area (Å²) in [6.45, 7) is 5.69. The first-order valence-corrected chi connectivity index (χ1v) is 14.1. The molecule has 39 heavy (non-hydrogen) atoms. The number of carbonyl (C=O) groups is 2. The molecule has 0 saturated carbocycles. The van der Waals surface area contributed by atoms with Gasteiger partial charge in [-0.2, -0.15) is 0 Å². The summed E-state index contributed by atoms with van der Waals surface area (Å²) in [6.07, 6.45) is 2.28. The number of ether oxygens (including phenoxy) is 2. The van der Waals surface area contributed by atoms with E-state index in [4.69, 9.17) is 9.47 Å². The molecule has 4 rings (SSSR count). The third-order valence-electron chi connectivity index (χ3n) is 7.08. The fraction of sp³-hybridized carbons (Fsp3) is 0.400. The van der Waals surface area contributed by atoms with Crippen molar-refractivity contribution in [3.8, 4) is 11.5 Å². The number of amides is 2. The summed E-state index contributed by atoms with van der Waals surface area (Å²) in [6, 6.07) is 13.4. The summed E-state index contributed by atoms with van der Waals surface area (Å²) in [7, 11) is 3.03. The van der Waals surface area contributed by atoms with Crippen LogP contribution in [0.5, 0.6) is 11.5 Å². The summed E-state index contributed by atoms with van der Waals surface area (Å²) >= 11 is 1.59. The van der Waals surface area contributed by atoms with Crippen LogP contribution >= 0.6 is 11.3 Å². The lowest BCUT2D eigenvalue weighted by atomic mass is 10.1. The zero-order valence-electron chi connectivity index (χ0n) is 22.8. The quantitative estimate of drug-likeness (QED) is 0.317. The number of methoxy groups -OCH3 is 2. The Labute approximate surface area is 233 Å². The Balaban J connectivity index is 1.61. The second-order valence-corrected chi connectivity index (χ2v) is 10.7. The van der Waals surface area contributed by atoms with E-state index in [2.05, 4.69) is 4.90 Å². The molecule has 0 atom stereocenters. The summed E-state index contributed by atoms with van der Waals surface area (Å²) in [5, 5.41) is 2.01. The Bertz CT molecular complexity index is 1240. The standard InChI is InChI=1S/C30H36FN3O4S/c1-22-13-18-39-27(22)20-34(19-23-9-11-24(31)12-10-23)28(35)21-33(17-16-32-14-4-5-15-32)30(36)29-25(37-2)7-6-8-26(29)38-3/h6-13,18H,4-5,14-17,19-21H2,1-3H3. The van der Waals surface area contributed by atoms with E-state index in [1.165, 1.54) is 26.4 Å². The van der Waals surface area contributed by atoms with E-state index in [1.807, 2.05) is 18.4 Å². The molecular weight excluding hydrogens is 517 g/mol. The Hall–Kier alpha value is -3.43. The molecule has 0 bridgehead atoms. The van der Waals surface area contributed by atoms with Gasteiger partial charge in [0.1, 0.15) is 29.4 Å². The minimum absolute atomic E-state index is 0.0977. The molecular formula is C30H36FN3O4S. The molecule has 3 aromatic rings. The maximum Gasteiger partial charge on any atom is 0.261 e. The molecule has 7 nitrogen and oxygen atoms in total. The number of halogens is 1. The molecule has 2 amide bonds. The highest BCUT2D eigenvalue weighted by molar-refractivity contribution is 7.10. The molecule has 1 fully saturated rings. The van der Waals surface area contributed by atoms with Gasteiger partial charge in [0.05, 0.1) is 20.8 Å². The van der Waals surface area contributed by atoms with Crippen molar-refractivity contribution >= 4 is 23.2 Å². The van der Waals surface area contributed by atoms with Crippen molar-refractivity contribution < 1.29 is 23.5 Å². The predicted octanol–water partition coefficient (Wildman–Crippen LogP) is 4.98. The molecule has 2 heterocycles. The zero-order chi connectivity index (χ0) is 27.8. The number of hydrogen-bond donors (Lipinski definition) is 0. The smallest absolute Gasteiger partial charge is 0.261 e. The van der Waals surface area contributed by atoms with Gasteiger partial charge < -0.3 is 24.2 Å². The first kappa shape index (κ1) is 28.6. The Morgan fingerprint density at radius 2 is 1.62 bits per heavy atom.